The van der Waals surface area contributed by atoms with Crippen LogP contribution in [-0.4, -0.2) is 0 Å². The van der Waals surface area contributed by atoms with E-state index in [4.69, 9.17) is 5.73 Å². The first kappa shape index (κ1) is 14.0. The second-order valence-electron chi connectivity index (χ2n) is 5.40. The summed E-state index contributed by atoms with van der Waals surface area (Å²) in [5, 5.41) is 0. The smallest absolute Gasteiger partial charge is 0.137 e. The first-order valence-electron chi connectivity index (χ1n) is 6.82. The Bertz CT molecular complexity index is 407. The molecule has 3 atom stereocenters. The number of benzene rings is 1. The molecule has 1 aliphatic carbocycles. The number of hydrogen-bond acceptors (Lipinski definition) is 1. The molecular formula is C15H21BrFN. The molecule has 1 saturated carbocycles. The van der Waals surface area contributed by atoms with Crippen LogP contribution in [0.4, 0.5) is 4.39 Å². The van der Waals surface area contributed by atoms with Gasteiger partial charge in [-0.2, -0.15) is 0 Å². The van der Waals surface area contributed by atoms with Gasteiger partial charge in [0.15, 0.2) is 0 Å². The Hall–Kier alpha value is -0.410. The van der Waals surface area contributed by atoms with Gasteiger partial charge in [-0.15, -0.1) is 0 Å². The second-order valence-corrected chi connectivity index (χ2v) is 6.25. The van der Waals surface area contributed by atoms with Crippen molar-refractivity contribution < 1.29 is 4.39 Å². The molecule has 0 heterocycles. The normalized spacial score (nSPS) is 26.0. The van der Waals surface area contributed by atoms with Gasteiger partial charge in [0, 0.05) is 6.04 Å². The van der Waals surface area contributed by atoms with Crippen molar-refractivity contribution in [1.82, 2.24) is 0 Å². The van der Waals surface area contributed by atoms with Gasteiger partial charge in [-0.25, -0.2) is 4.39 Å². The molecule has 0 amide bonds. The highest BCUT2D eigenvalue weighted by atomic mass is 79.9. The van der Waals surface area contributed by atoms with E-state index in [0.717, 1.165) is 11.5 Å². The fraction of sp³-hybridized carbons (Fsp3) is 0.600. The van der Waals surface area contributed by atoms with E-state index >= 15 is 0 Å². The van der Waals surface area contributed by atoms with Gasteiger partial charge in [-0.3, -0.25) is 0 Å². The molecule has 3 heteroatoms. The topological polar surface area (TPSA) is 26.0 Å². The molecule has 0 bridgehead atoms. The third kappa shape index (κ3) is 3.12. The Labute approximate surface area is 117 Å². The summed E-state index contributed by atoms with van der Waals surface area (Å²) < 4.78 is 13.7. The van der Waals surface area contributed by atoms with E-state index < -0.39 is 0 Å². The molecule has 0 aromatic heterocycles. The highest BCUT2D eigenvalue weighted by molar-refractivity contribution is 9.10. The first-order valence-corrected chi connectivity index (χ1v) is 7.61. The third-order valence-corrected chi connectivity index (χ3v) is 4.84. The van der Waals surface area contributed by atoms with Gasteiger partial charge in [0.2, 0.25) is 0 Å². The molecule has 2 rings (SSSR count). The van der Waals surface area contributed by atoms with Gasteiger partial charge >= 0.3 is 0 Å². The Balaban J connectivity index is 2.10. The van der Waals surface area contributed by atoms with Crippen molar-refractivity contribution in [1.29, 1.82) is 0 Å². The maximum Gasteiger partial charge on any atom is 0.137 e. The van der Waals surface area contributed by atoms with Crippen molar-refractivity contribution in [2.75, 3.05) is 0 Å². The molecule has 1 aliphatic rings. The SMILES string of the molecule is CCC1CCCC(C(N)c2ccc(F)c(Br)c2)C1. The lowest BCUT2D eigenvalue weighted by Crippen LogP contribution is -2.26. The zero-order chi connectivity index (χ0) is 13.1. The predicted molar refractivity (Wildman–Crippen MR) is 76.8 cm³/mol. The summed E-state index contributed by atoms with van der Waals surface area (Å²) in [6, 6.07) is 5.19. The van der Waals surface area contributed by atoms with Crippen LogP contribution in [-0.2, 0) is 0 Å². The lowest BCUT2D eigenvalue weighted by molar-refractivity contribution is 0.230. The van der Waals surface area contributed by atoms with Crippen LogP contribution in [0.3, 0.4) is 0 Å². The quantitative estimate of drug-likeness (QED) is 0.852. The number of hydrogen-bond donors (Lipinski definition) is 1. The van der Waals surface area contributed by atoms with Crippen molar-refractivity contribution in [3.05, 3.63) is 34.1 Å². The zero-order valence-corrected chi connectivity index (χ0v) is 12.4. The summed E-state index contributed by atoms with van der Waals surface area (Å²) in [6.07, 6.45) is 6.28. The third-order valence-electron chi connectivity index (χ3n) is 4.24. The van der Waals surface area contributed by atoms with Crippen molar-refractivity contribution in [3.8, 4) is 0 Å². The van der Waals surface area contributed by atoms with Crippen molar-refractivity contribution >= 4 is 15.9 Å². The molecule has 0 saturated heterocycles. The van der Waals surface area contributed by atoms with E-state index in [1.807, 2.05) is 12.1 Å². The van der Waals surface area contributed by atoms with Crippen LogP contribution >= 0.6 is 15.9 Å². The van der Waals surface area contributed by atoms with E-state index in [1.54, 1.807) is 0 Å². The van der Waals surface area contributed by atoms with Crippen LogP contribution in [0, 0.1) is 17.7 Å². The Morgan fingerprint density at radius 2 is 2.22 bits per heavy atom. The monoisotopic (exact) mass is 313 g/mol. The summed E-state index contributed by atoms with van der Waals surface area (Å²) in [5.41, 5.74) is 7.41. The largest absolute Gasteiger partial charge is 0.324 e. The molecule has 0 radical (unpaired) electrons. The van der Waals surface area contributed by atoms with Gasteiger partial charge in [-0.1, -0.05) is 32.3 Å². The molecule has 0 spiro atoms. The Kier molecular flexibility index (Phi) is 4.79. The number of rotatable bonds is 3. The fourth-order valence-corrected chi connectivity index (χ4v) is 3.42. The predicted octanol–water partition coefficient (Wildman–Crippen LogP) is 4.80. The lowest BCUT2D eigenvalue weighted by Gasteiger charge is -2.32. The van der Waals surface area contributed by atoms with Gasteiger partial charge < -0.3 is 5.73 Å². The van der Waals surface area contributed by atoms with Crippen molar-refractivity contribution in [3.63, 3.8) is 0 Å². The first-order chi connectivity index (χ1) is 8.61. The molecule has 0 aliphatic heterocycles. The summed E-state index contributed by atoms with van der Waals surface area (Å²) in [7, 11) is 0. The van der Waals surface area contributed by atoms with E-state index in [9.17, 15) is 4.39 Å². The van der Waals surface area contributed by atoms with Gasteiger partial charge in [-0.05, 0) is 58.3 Å². The molecule has 1 fully saturated rings. The fourth-order valence-electron chi connectivity index (χ4n) is 3.02. The molecular weight excluding hydrogens is 293 g/mol. The minimum atomic E-state index is -0.221. The van der Waals surface area contributed by atoms with E-state index in [0.29, 0.717) is 10.4 Å². The van der Waals surface area contributed by atoms with E-state index in [2.05, 4.69) is 22.9 Å². The maximum absolute atomic E-state index is 13.2. The van der Waals surface area contributed by atoms with Crippen LogP contribution in [0.2, 0.25) is 0 Å². The summed E-state index contributed by atoms with van der Waals surface area (Å²) in [6.45, 7) is 2.26. The summed E-state index contributed by atoms with van der Waals surface area (Å²) in [5.74, 6) is 1.14. The molecule has 2 N–H and O–H groups in total. The Morgan fingerprint density at radius 3 is 2.89 bits per heavy atom. The molecule has 18 heavy (non-hydrogen) atoms. The summed E-state index contributed by atoms with van der Waals surface area (Å²) >= 11 is 3.23. The lowest BCUT2D eigenvalue weighted by atomic mass is 9.75. The maximum atomic E-state index is 13.2. The van der Waals surface area contributed by atoms with Crippen LogP contribution < -0.4 is 5.73 Å². The number of nitrogens with two attached hydrogens (primary N) is 1. The Morgan fingerprint density at radius 1 is 1.44 bits per heavy atom. The van der Waals surface area contributed by atoms with Crippen LogP contribution in [0.15, 0.2) is 22.7 Å². The molecule has 1 nitrogen and oxygen atoms in total. The molecule has 3 unspecified atom stereocenters. The van der Waals surface area contributed by atoms with Crippen LogP contribution in [0.1, 0.15) is 50.6 Å². The van der Waals surface area contributed by atoms with Gasteiger partial charge in [0.05, 0.1) is 4.47 Å². The van der Waals surface area contributed by atoms with Crippen LogP contribution in [0.5, 0.6) is 0 Å². The zero-order valence-electron chi connectivity index (χ0n) is 10.8. The highest BCUT2D eigenvalue weighted by Crippen LogP contribution is 2.37. The van der Waals surface area contributed by atoms with Gasteiger partial charge in [0.25, 0.3) is 0 Å². The standard InChI is InChI=1S/C15H21BrFN/c1-2-10-4-3-5-11(8-10)15(18)12-6-7-14(17)13(16)9-12/h6-7,9-11,15H,2-5,8,18H2,1H3. The molecule has 100 valence electrons. The molecule has 1 aromatic carbocycles. The minimum absolute atomic E-state index is 0.0382. The minimum Gasteiger partial charge on any atom is -0.324 e. The van der Waals surface area contributed by atoms with Crippen LogP contribution in [0.25, 0.3) is 0 Å². The highest BCUT2D eigenvalue weighted by Gasteiger charge is 2.26. The van der Waals surface area contributed by atoms with E-state index in [-0.39, 0.29) is 11.9 Å². The van der Waals surface area contributed by atoms with Crippen molar-refractivity contribution in [2.45, 2.75) is 45.1 Å². The summed E-state index contributed by atoms with van der Waals surface area (Å²) in [4.78, 5) is 0. The average molecular weight is 314 g/mol. The average Bonchev–Trinajstić information content (AvgIpc) is 2.41. The van der Waals surface area contributed by atoms with Gasteiger partial charge in [0.1, 0.15) is 5.82 Å². The number of halogens is 2. The second kappa shape index (κ2) is 6.16. The molecule has 1 aromatic rings. The van der Waals surface area contributed by atoms with E-state index in [1.165, 1.54) is 38.2 Å². The van der Waals surface area contributed by atoms with Crippen molar-refractivity contribution in [2.24, 2.45) is 17.6 Å².